The van der Waals surface area contributed by atoms with Crippen molar-refractivity contribution in [3.8, 4) is 11.5 Å². The van der Waals surface area contributed by atoms with Crippen LogP contribution in [0, 0.1) is 29.6 Å². The van der Waals surface area contributed by atoms with Crippen LogP contribution in [0.5, 0.6) is 11.5 Å². The number of ketones is 1. The Kier molecular flexibility index (Phi) is 22.2. The molecular weight excluding hydrogens is 1180 g/mol. The monoisotopic (exact) mass is 1260 g/mol. The Morgan fingerprint density at radius 1 is 0.937 bits per heavy atom. The minimum Gasteiger partial charge on any atom is -0.493 e. The van der Waals surface area contributed by atoms with E-state index in [1.165, 1.54) is 44.7 Å². The number of likely N-dealkylation sites (N-methyl/N-ethyl adjacent to an activating group) is 1. The number of amides is 2. The van der Waals surface area contributed by atoms with Crippen LogP contribution in [0.1, 0.15) is 112 Å². The van der Waals surface area contributed by atoms with Crippen LogP contribution in [0.4, 0.5) is 10.5 Å². The molecule has 6 rings (SSSR count). The summed E-state index contributed by atoms with van der Waals surface area (Å²) in [6, 6.07) is 3.34. The second kappa shape index (κ2) is 27.0. The fourth-order valence-corrected chi connectivity index (χ4v) is 13.2. The molecule has 444 valence electrons. The summed E-state index contributed by atoms with van der Waals surface area (Å²) < 4.78 is 62.3. The standard InChI is InChI=1S/C56H83Cl2IN4O16/c1-28(2)27-62(12)38-21-30(4)74-51(44(38)65)77-48-32(6)45(76-41-24-54(9,71-14)47(66)34(8)75-41)33(7)50(68)78-52(59)56(11)46(31(5)43(64)29(3)23-55(48,10)72-15)63(53(69)79-56)19-16-20-73-40-22-35(17-18-39(40)70-13)49(67)61-42-36(57)25-60-26-37(42)58/h17-18,22,25-26,28-34,38,41,44-48,51-52,65-66H,16,19-21,23-24,27H2,1-15H3,(H,60,61,67)/t29-,30-,31+,32+,33-,34+,38+,41+,44-,45+,46-,47+,48-,51+,52+,54-,55-,56+/m1/s1. The number of nitrogens with one attached hydrogen (secondary N) is 1. The second-order valence-electron chi connectivity index (χ2n) is 22.9. The van der Waals surface area contributed by atoms with E-state index in [1.807, 2.05) is 50.4 Å². The maximum Gasteiger partial charge on any atom is 0.410 e. The summed E-state index contributed by atoms with van der Waals surface area (Å²) in [5.74, 6) is -4.05. The summed E-state index contributed by atoms with van der Waals surface area (Å²) in [5.41, 5.74) is -3.59. The molecule has 0 bridgehead atoms. The number of esters is 1. The summed E-state index contributed by atoms with van der Waals surface area (Å²) in [4.78, 5) is 65.4. The topological polar surface area (TPSA) is 232 Å². The number of hydrogen-bond donors (Lipinski definition) is 3. The molecule has 23 heteroatoms. The SMILES string of the molecule is COc1ccc(C(=O)Nc2c(Cl)cncc2Cl)cc1OCCCN1C(=O)O[C@]2(C)[C@@H](I)OC(=O)[C@H](C)[C@@H](O[C@H]3C[C@@](C)(OC)[C@@H](O)[C@H](C)O3)[C@H](C)[C@@H](O[C@@H]3O[C@H](C)C[C@H](N(C)CC(C)C)[C@H]3O)[C@](C)(OC)C[C@@H](C)C(=O)[C@H](C)[C@@H]12. The molecule has 1 aromatic heterocycles. The van der Waals surface area contributed by atoms with Crippen LogP contribution in [0.25, 0.3) is 0 Å². The highest BCUT2D eigenvalue weighted by Crippen LogP contribution is 2.46. The number of aromatic nitrogens is 1. The Hall–Kier alpha value is -3.20. The van der Waals surface area contributed by atoms with Gasteiger partial charge < -0.3 is 72.7 Å². The quantitative estimate of drug-likeness (QED) is 0.0584. The average Bonchev–Trinajstić information content (AvgIpc) is 3.99. The van der Waals surface area contributed by atoms with E-state index in [-0.39, 0.29) is 77.4 Å². The third-order valence-corrected chi connectivity index (χ3v) is 18.5. The molecule has 20 nitrogen and oxygen atoms in total. The van der Waals surface area contributed by atoms with E-state index in [4.69, 9.17) is 70.6 Å². The van der Waals surface area contributed by atoms with Crippen molar-refractivity contribution in [1.29, 1.82) is 0 Å². The molecule has 2 amide bonds. The minimum atomic E-state index is -1.57. The maximum atomic E-state index is 15.2. The Balaban J connectivity index is 1.34. The van der Waals surface area contributed by atoms with Crippen molar-refractivity contribution >= 4 is 75.2 Å². The van der Waals surface area contributed by atoms with Crippen molar-refractivity contribution in [2.45, 2.75) is 184 Å². The highest BCUT2D eigenvalue weighted by Gasteiger charge is 2.61. The minimum absolute atomic E-state index is 0.0294. The number of aliphatic hydroxyl groups is 2. The lowest BCUT2D eigenvalue weighted by atomic mass is 9.74. The third kappa shape index (κ3) is 14.4. The number of halogens is 3. The van der Waals surface area contributed by atoms with Gasteiger partial charge in [0.1, 0.15) is 18.0 Å². The van der Waals surface area contributed by atoms with Gasteiger partial charge in [-0.15, -0.1) is 0 Å². The molecule has 0 unspecified atom stereocenters. The van der Waals surface area contributed by atoms with Crippen LogP contribution < -0.4 is 14.8 Å². The van der Waals surface area contributed by atoms with Gasteiger partial charge in [-0.3, -0.25) is 19.4 Å². The van der Waals surface area contributed by atoms with Crippen molar-refractivity contribution in [2.75, 3.05) is 53.4 Å². The van der Waals surface area contributed by atoms with Gasteiger partial charge in [0, 0.05) is 75.5 Å². The van der Waals surface area contributed by atoms with E-state index in [0.29, 0.717) is 24.6 Å². The molecule has 79 heavy (non-hydrogen) atoms. The zero-order valence-electron chi connectivity index (χ0n) is 48.2. The summed E-state index contributed by atoms with van der Waals surface area (Å²) in [5, 5.41) is 26.4. The molecule has 5 heterocycles. The third-order valence-electron chi connectivity index (χ3n) is 16.4. The van der Waals surface area contributed by atoms with Gasteiger partial charge in [-0.05, 0) is 115 Å². The van der Waals surface area contributed by atoms with E-state index < -0.39 is 112 Å². The number of nitrogens with zero attached hydrogens (tertiary/aromatic N) is 3. The molecule has 1 aromatic carbocycles. The number of hydrogen-bond acceptors (Lipinski definition) is 18. The number of cyclic esters (lactones) is 1. The van der Waals surface area contributed by atoms with Crippen LogP contribution in [-0.4, -0.2) is 179 Å². The van der Waals surface area contributed by atoms with Crippen LogP contribution in [-0.2, 0) is 47.5 Å². The second-order valence-corrected chi connectivity index (χ2v) is 24.9. The molecule has 4 fully saturated rings. The van der Waals surface area contributed by atoms with E-state index >= 15 is 4.79 Å². The zero-order valence-corrected chi connectivity index (χ0v) is 51.8. The number of rotatable bonds is 17. The molecule has 2 aromatic rings. The average molecular weight is 1270 g/mol. The van der Waals surface area contributed by atoms with Gasteiger partial charge in [0.2, 0.25) is 0 Å². The van der Waals surface area contributed by atoms with Crippen LogP contribution >= 0.6 is 45.8 Å². The lowest BCUT2D eigenvalue weighted by Gasteiger charge is -2.50. The van der Waals surface area contributed by atoms with Gasteiger partial charge in [0.05, 0.1) is 77.0 Å². The number of ether oxygens (including phenoxy) is 10. The molecule has 3 N–H and O–H groups in total. The number of methoxy groups -OCH3 is 3. The van der Waals surface area contributed by atoms with E-state index in [2.05, 4.69) is 29.0 Å². The van der Waals surface area contributed by atoms with Gasteiger partial charge in [-0.2, -0.15) is 0 Å². The molecule has 0 radical (unpaired) electrons. The Morgan fingerprint density at radius 2 is 1.59 bits per heavy atom. The van der Waals surface area contributed by atoms with Crippen molar-refractivity contribution in [2.24, 2.45) is 29.6 Å². The number of Topliss-reactive ketones (excluding diaryl/α,β-unsaturated/α-hetero) is 1. The summed E-state index contributed by atoms with van der Waals surface area (Å²) in [7, 11) is 6.46. The number of pyridine rings is 1. The highest BCUT2D eigenvalue weighted by molar-refractivity contribution is 14.1. The van der Waals surface area contributed by atoms with Gasteiger partial charge in [0.15, 0.2) is 33.8 Å². The molecule has 4 aliphatic rings. The van der Waals surface area contributed by atoms with E-state index in [0.717, 1.165) is 0 Å². The van der Waals surface area contributed by atoms with Gasteiger partial charge in [-0.1, -0.05) is 57.8 Å². The van der Waals surface area contributed by atoms with Gasteiger partial charge in [0.25, 0.3) is 5.91 Å². The number of aliphatic hydroxyl groups excluding tert-OH is 2. The van der Waals surface area contributed by atoms with Crippen molar-refractivity contribution in [3.05, 3.63) is 46.2 Å². The number of anilines is 1. The summed E-state index contributed by atoms with van der Waals surface area (Å²) in [6.07, 6.45) is -4.52. The van der Waals surface area contributed by atoms with E-state index in [1.54, 1.807) is 53.7 Å². The number of benzene rings is 1. The fraction of sp³-hybridized carbons (Fsp3) is 0.732. The lowest BCUT2D eigenvalue weighted by molar-refractivity contribution is -0.319. The summed E-state index contributed by atoms with van der Waals surface area (Å²) in [6.45, 7) is 21.0. The first-order valence-electron chi connectivity index (χ1n) is 27.1. The van der Waals surface area contributed by atoms with Gasteiger partial charge >= 0.3 is 12.1 Å². The number of fused-ring (bicyclic) bond motifs is 1. The zero-order chi connectivity index (χ0) is 58.6. The van der Waals surface area contributed by atoms with Crippen LogP contribution in [0.2, 0.25) is 10.0 Å². The molecular formula is C56H83Cl2IN4O16. The Labute approximate surface area is 488 Å². The van der Waals surface area contributed by atoms with Crippen molar-refractivity contribution in [3.63, 3.8) is 0 Å². The Morgan fingerprint density at radius 3 is 2.22 bits per heavy atom. The predicted octanol–water partition coefficient (Wildman–Crippen LogP) is 8.35. The fourth-order valence-electron chi connectivity index (χ4n) is 12.0. The largest absolute Gasteiger partial charge is 0.493 e. The molecule has 0 saturated carbocycles. The number of alkyl halides is 1. The lowest BCUT2D eigenvalue weighted by Crippen LogP contribution is -2.61. The molecule has 4 aliphatic heterocycles. The number of carbonyl (C=O) groups is 4. The highest BCUT2D eigenvalue weighted by atomic mass is 127. The maximum absolute atomic E-state index is 15.2. The molecule has 4 saturated heterocycles. The van der Waals surface area contributed by atoms with Crippen LogP contribution in [0.3, 0.4) is 0 Å². The van der Waals surface area contributed by atoms with E-state index in [9.17, 15) is 24.6 Å². The number of carbonyl (C=O) groups excluding carboxylic acids is 4. The first kappa shape index (κ1) is 65.0. The van der Waals surface area contributed by atoms with Crippen molar-refractivity contribution in [1.82, 2.24) is 14.8 Å². The van der Waals surface area contributed by atoms with Gasteiger partial charge in [-0.25, -0.2) is 4.79 Å². The normalized spacial score (nSPS) is 36.8. The Bertz CT molecular complexity index is 2430. The predicted molar refractivity (Wildman–Crippen MR) is 303 cm³/mol. The van der Waals surface area contributed by atoms with Crippen LogP contribution in [0.15, 0.2) is 30.6 Å². The first-order valence-corrected chi connectivity index (χ1v) is 29.1. The first-order chi connectivity index (χ1) is 37.0. The molecule has 0 aliphatic carbocycles. The summed E-state index contributed by atoms with van der Waals surface area (Å²) >= 11 is 14.5. The molecule has 0 spiro atoms. The smallest absolute Gasteiger partial charge is 0.410 e. The molecule has 18 atom stereocenters. The van der Waals surface area contributed by atoms with Crippen molar-refractivity contribution < 1.29 is 76.8 Å².